The van der Waals surface area contributed by atoms with Gasteiger partial charge in [0.15, 0.2) is 0 Å². The van der Waals surface area contributed by atoms with Gasteiger partial charge in [0.2, 0.25) is 0 Å². The zero-order valence-corrected chi connectivity index (χ0v) is 20.3. The van der Waals surface area contributed by atoms with Gasteiger partial charge in [0.05, 0.1) is 37.6 Å². The highest BCUT2D eigenvalue weighted by Crippen LogP contribution is 2.30. The van der Waals surface area contributed by atoms with Crippen LogP contribution in [0.5, 0.6) is 5.75 Å². The molecule has 1 aromatic carbocycles. The van der Waals surface area contributed by atoms with Gasteiger partial charge < -0.3 is 20.3 Å². The first-order valence-corrected chi connectivity index (χ1v) is 12.8. The Morgan fingerprint density at radius 2 is 1.94 bits per heavy atom. The van der Waals surface area contributed by atoms with E-state index in [1.165, 1.54) is 12.4 Å². The van der Waals surface area contributed by atoms with Crippen molar-refractivity contribution in [2.75, 3.05) is 36.7 Å². The number of halogens is 1. The van der Waals surface area contributed by atoms with Gasteiger partial charge in [-0.25, -0.2) is 13.2 Å². The van der Waals surface area contributed by atoms with E-state index < -0.39 is 10.0 Å². The highest BCUT2D eigenvalue weighted by molar-refractivity contribution is 7.89. The number of carbonyl (C=O) groups excluding carboxylic acids is 1. The number of amides is 2. The lowest BCUT2D eigenvalue weighted by Crippen LogP contribution is -2.51. The molecule has 1 aliphatic heterocycles. The fourth-order valence-electron chi connectivity index (χ4n) is 3.90. The van der Waals surface area contributed by atoms with E-state index in [0.29, 0.717) is 41.7 Å². The number of nitrogens with one attached hydrogen (secondary N) is 2. The maximum absolute atomic E-state index is 12.7. The molecule has 0 spiro atoms. The number of ether oxygens (including phenoxy) is 1. The minimum Gasteiger partial charge on any atom is -0.495 e. The Morgan fingerprint density at radius 1 is 1.18 bits per heavy atom. The summed E-state index contributed by atoms with van der Waals surface area (Å²) in [6, 6.07) is 10.0. The van der Waals surface area contributed by atoms with E-state index in [-0.39, 0.29) is 18.0 Å². The van der Waals surface area contributed by atoms with Crippen LogP contribution < -0.4 is 20.3 Å². The predicted molar refractivity (Wildman–Crippen MR) is 130 cm³/mol. The first-order valence-electron chi connectivity index (χ1n) is 10.6. The van der Waals surface area contributed by atoms with Crippen LogP contribution in [-0.4, -0.2) is 61.1 Å². The van der Waals surface area contributed by atoms with Gasteiger partial charge in [0.25, 0.3) is 10.0 Å². The molecule has 10 nitrogen and oxygen atoms in total. The van der Waals surface area contributed by atoms with Gasteiger partial charge in [-0.15, -0.1) is 0 Å². The normalized spacial score (nSPS) is 18.4. The molecule has 1 fully saturated rings. The van der Waals surface area contributed by atoms with Crippen molar-refractivity contribution in [2.45, 2.75) is 18.4 Å². The summed E-state index contributed by atoms with van der Waals surface area (Å²) in [6.07, 6.45) is 6.38. The second-order valence-electron chi connectivity index (χ2n) is 8.01. The second kappa shape index (κ2) is 9.90. The van der Waals surface area contributed by atoms with Crippen molar-refractivity contribution in [1.82, 2.24) is 19.5 Å². The lowest BCUT2D eigenvalue weighted by molar-refractivity contribution is 0.243. The molecule has 0 aliphatic carbocycles. The molecule has 180 valence electrons. The molecule has 3 aromatic rings. The Morgan fingerprint density at radius 3 is 2.56 bits per heavy atom. The lowest BCUT2D eigenvalue weighted by atomic mass is 9.88. The van der Waals surface area contributed by atoms with Crippen LogP contribution in [0.1, 0.15) is 18.0 Å². The summed E-state index contributed by atoms with van der Waals surface area (Å²) in [5, 5.41) is 10.4. The SMILES string of the molecule is COc1ccc(C2CN(c3cnn(S(C)(=O)=O)c3)CCC2NC(=O)Nc2ccc(Cl)cc2)nc1. The summed E-state index contributed by atoms with van der Waals surface area (Å²) in [6.45, 7) is 1.12. The number of piperidine rings is 1. The number of urea groups is 1. The third-order valence-electron chi connectivity index (χ3n) is 5.66. The third-order valence-corrected chi connectivity index (χ3v) is 6.79. The molecule has 1 aliphatic rings. The molecule has 0 radical (unpaired) electrons. The number of methoxy groups -OCH3 is 1. The summed E-state index contributed by atoms with van der Waals surface area (Å²) >= 11 is 5.91. The van der Waals surface area contributed by atoms with Gasteiger partial charge in [0.1, 0.15) is 5.75 Å². The van der Waals surface area contributed by atoms with Crippen LogP contribution >= 0.6 is 11.6 Å². The molecule has 2 aromatic heterocycles. The maximum atomic E-state index is 12.7. The van der Waals surface area contributed by atoms with Crippen LogP contribution in [0.3, 0.4) is 0 Å². The highest BCUT2D eigenvalue weighted by atomic mass is 35.5. The Balaban J connectivity index is 1.53. The van der Waals surface area contributed by atoms with E-state index in [1.807, 2.05) is 17.0 Å². The molecule has 0 saturated carbocycles. The fraction of sp³-hybridized carbons (Fsp3) is 0.318. The maximum Gasteiger partial charge on any atom is 0.319 e. The van der Waals surface area contributed by atoms with E-state index in [9.17, 15) is 13.2 Å². The van der Waals surface area contributed by atoms with Crippen molar-refractivity contribution < 1.29 is 17.9 Å². The molecule has 0 bridgehead atoms. The first-order chi connectivity index (χ1) is 16.2. The van der Waals surface area contributed by atoms with Gasteiger partial charge in [-0.2, -0.15) is 9.19 Å². The smallest absolute Gasteiger partial charge is 0.319 e. The van der Waals surface area contributed by atoms with Crippen molar-refractivity contribution in [3.05, 3.63) is 65.7 Å². The molecule has 12 heteroatoms. The zero-order valence-electron chi connectivity index (χ0n) is 18.7. The minimum atomic E-state index is -3.47. The Bertz CT molecular complexity index is 1250. The first kappa shape index (κ1) is 23.8. The number of nitrogens with zero attached hydrogens (tertiary/aromatic N) is 4. The van der Waals surface area contributed by atoms with Crippen molar-refractivity contribution in [3.8, 4) is 5.75 Å². The Hall–Kier alpha value is -3.31. The number of hydrogen-bond acceptors (Lipinski definition) is 7. The Labute approximate surface area is 202 Å². The fourth-order valence-corrected chi connectivity index (χ4v) is 4.54. The lowest BCUT2D eigenvalue weighted by Gasteiger charge is -2.39. The van der Waals surface area contributed by atoms with Crippen molar-refractivity contribution in [1.29, 1.82) is 0 Å². The number of carbonyl (C=O) groups is 1. The molecular formula is C22H25ClN6O4S. The molecule has 2 amide bonds. The van der Waals surface area contributed by atoms with Crippen LogP contribution in [-0.2, 0) is 10.0 Å². The summed E-state index contributed by atoms with van der Waals surface area (Å²) in [5.74, 6) is 0.480. The monoisotopic (exact) mass is 504 g/mol. The van der Waals surface area contributed by atoms with Crippen LogP contribution in [0.25, 0.3) is 0 Å². The van der Waals surface area contributed by atoms with Crippen molar-refractivity contribution in [2.24, 2.45) is 0 Å². The van der Waals surface area contributed by atoms with E-state index >= 15 is 0 Å². The van der Waals surface area contributed by atoms with Crippen molar-refractivity contribution in [3.63, 3.8) is 0 Å². The van der Waals surface area contributed by atoms with E-state index in [2.05, 4.69) is 20.7 Å². The molecule has 2 N–H and O–H groups in total. The topological polar surface area (TPSA) is 118 Å². The van der Waals surface area contributed by atoms with Gasteiger partial charge in [-0.1, -0.05) is 11.6 Å². The third kappa shape index (κ3) is 5.60. The van der Waals surface area contributed by atoms with E-state index in [0.717, 1.165) is 16.0 Å². The van der Waals surface area contributed by atoms with E-state index in [4.69, 9.17) is 16.3 Å². The molecule has 34 heavy (non-hydrogen) atoms. The zero-order chi connectivity index (χ0) is 24.3. The summed E-state index contributed by atoms with van der Waals surface area (Å²) < 4.78 is 29.8. The highest BCUT2D eigenvalue weighted by Gasteiger charge is 2.33. The molecule has 1 saturated heterocycles. The number of anilines is 2. The number of hydrogen-bond donors (Lipinski definition) is 2. The second-order valence-corrected chi connectivity index (χ2v) is 10.3. The number of rotatable bonds is 6. The summed E-state index contributed by atoms with van der Waals surface area (Å²) in [5.41, 5.74) is 2.11. The van der Waals surface area contributed by atoms with Crippen LogP contribution in [0.4, 0.5) is 16.2 Å². The van der Waals surface area contributed by atoms with Gasteiger partial charge in [-0.3, -0.25) is 4.98 Å². The van der Waals surface area contributed by atoms with Crippen LogP contribution in [0.15, 0.2) is 55.0 Å². The molecule has 3 heterocycles. The van der Waals surface area contributed by atoms with Gasteiger partial charge >= 0.3 is 6.03 Å². The Kier molecular flexibility index (Phi) is 6.94. The van der Waals surface area contributed by atoms with Gasteiger partial charge in [0, 0.05) is 41.5 Å². The minimum absolute atomic E-state index is 0.155. The number of benzene rings is 1. The molecular weight excluding hydrogens is 480 g/mol. The average Bonchev–Trinajstić information content (AvgIpc) is 3.32. The van der Waals surface area contributed by atoms with Crippen molar-refractivity contribution >= 4 is 39.0 Å². The predicted octanol–water partition coefficient (Wildman–Crippen LogP) is 2.93. The molecule has 4 rings (SSSR count). The summed E-state index contributed by atoms with van der Waals surface area (Å²) in [7, 11) is -1.90. The number of pyridine rings is 1. The van der Waals surface area contributed by atoms with E-state index in [1.54, 1.807) is 37.6 Å². The quantitative estimate of drug-likeness (QED) is 0.529. The average molecular weight is 505 g/mol. The number of aromatic nitrogens is 3. The van der Waals surface area contributed by atoms with Gasteiger partial charge in [-0.05, 0) is 42.8 Å². The largest absolute Gasteiger partial charge is 0.495 e. The molecule has 2 unspecified atom stereocenters. The van der Waals surface area contributed by atoms with Crippen LogP contribution in [0, 0.1) is 0 Å². The summed E-state index contributed by atoms with van der Waals surface area (Å²) in [4.78, 5) is 19.3. The van der Waals surface area contributed by atoms with Crippen LogP contribution in [0.2, 0.25) is 5.02 Å². The molecule has 2 atom stereocenters. The standard InChI is InChI=1S/C22H25ClN6O4S/c1-33-18-7-8-20(24-12-18)19-14-28(17-11-25-29(13-17)34(2,31)32)10-9-21(19)27-22(30)26-16-5-3-15(23)4-6-16/h3-8,11-13,19,21H,9-10,14H2,1-2H3,(H2,26,27,30).